The summed E-state index contributed by atoms with van der Waals surface area (Å²) in [5.74, 6) is -1.05. The summed E-state index contributed by atoms with van der Waals surface area (Å²) < 4.78 is 4.92. The van der Waals surface area contributed by atoms with Gasteiger partial charge in [0.15, 0.2) is 18.2 Å². The first-order valence-electron chi connectivity index (χ1n) is 4.35. The molecule has 1 unspecified atom stereocenters. The van der Waals surface area contributed by atoms with Gasteiger partial charge in [-0.3, -0.25) is 15.0 Å². The van der Waals surface area contributed by atoms with Gasteiger partial charge in [-0.1, -0.05) is 0 Å². The van der Waals surface area contributed by atoms with Crippen LogP contribution in [0.3, 0.4) is 0 Å². The summed E-state index contributed by atoms with van der Waals surface area (Å²) in [6.07, 6.45) is -0.730. The normalized spacial score (nSPS) is 21.5. The van der Waals surface area contributed by atoms with Gasteiger partial charge in [0.1, 0.15) is 5.71 Å². The molecule has 0 radical (unpaired) electrons. The van der Waals surface area contributed by atoms with Crippen LogP contribution in [0.5, 0.6) is 0 Å². The monoisotopic (exact) mass is 213 g/mol. The number of ketones is 2. The Balaban J connectivity index is 2.53. The largest absolute Gasteiger partial charge is 0.368 e. The number of carbonyl (C=O) groups is 2. The van der Waals surface area contributed by atoms with Gasteiger partial charge in [-0.15, -0.1) is 0 Å². The van der Waals surface area contributed by atoms with Gasteiger partial charge < -0.3 is 14.9 Å². The molecule has 1 atom stereocenters. The molecule has 0 aromatic rings. The SMILES string of the molecule is N=C1C(=O)C=CC(=O)C1OCCC(O)O. The summed E-state index contributed by atoms with van der Waals surface area (Å²) in [6.45, 7) is -0.0996. The van der Waals surface area contributed by atoms with Crippen molar-refractivity contribution in [1.82, 2.24) is 0 Å². The van der Waals surface area contributed by atoms with Crippen LogP contribution in [0.25, 0.3) is 0 Å². The number of aliphatic hydroxyl groups is 2. The van der Waals surface area contributed by atoms with E-state index in [1.807, 2.05) is 0 Å². The smallest absolute Gasteiger partial charge is 0.202 e. The number of ether oxygens (including phenoxy) is 1. The lowest BCUT2D eigenvalue weighted by Crippen LogP contribution is -2.39. The van der Waals surface area contributed by atoms with Crippen LogP contribution in [0.4, 0.5) is 0 Å². The van der Waals surface area contributed by atoms with Crippen LogP contribution < -0.4 is 0 Å². The number of hydrogen-bond acceptors (Lipinski definition) is 6. The molecule has 0 saturated heterocycles. The van der Waals surface area contributed by atoms with Gasteiger partial charge in [-0.2, -0.15) is 0 Å². The molecule has 1 rings (SSSR count). The highest BCUT2D eigenvalue weighted by atomic mass is 16.5. The Labute approximate surface area is 85.7 Å². The molecule has 15 heavy (non-hydrogen) atoms. The molecule has 1 aliphatic carbocycles. The molecule has 0 bridgehead atoms. The number of carbonyl (C=O) groups excluding carboxylic acids is 2. The maximum atomic E-state index is 11.2. The van der Waals surface area contributed by atoms with Gasteiger partial charge in [-0.05, 0) is 12.2 Å². The Morgan fingerprint density at radius 2 is 2.07 bits per heavy atom. The molecule has 0 heterocycles. The van der Waals surface area contributed by atoms with E-state index >= 15 is 0 Å². The molecule has 3 N–H and O–H groups in total. The third-order valence-electron chi connectivity index (χ3n) is 1.85. The van der Waals surface area contributed by atoms with Crippen molar-refractivity contribution >= 4 is 17.3 Å². The Morgan fingerprint density at radius 1 is 1.40 bits per heavy atom. The zero-order valence-corrected chi connectivity index (χ0v) is 7.84. The Kier molecular flexibility index (Phi) is 3.84. The minimum absolute atomic E-state index is 0.0744. The van der Waals surface area contributed by atoms with Crippen molar-refractivity contribution in [1.29, 1.82) is 5.41 Å². The van der Waals surface area contributed by atoms with E-state index in [2.05, 4.69) is 0 Å². The first kappa shape index (κ1) is 11.7. The minimum Gasteiger partial charge on any atom is -0.368 e. The van der Waals surface area contributed by atoms with Crippen molar-refractivity contribution in [2.45, 2.75) is 18.8 Å². The van der Waals surface area contributed by atoms with E-state index in [0.717, 1.165) is 12.2 Å². The van der Waals surface area contributed by atoms with E-state index in [0.29, 0.717) is 0 Å². The lowest BCUT2D eigenvalue weighted by molar-refractivity contribution is -0.125. The zero-order chi connectivity index (χ0) is 11.4. The first-order chi connectivity index (χ1) is 7.02. The van der Waals surface area contributed by atoms with Crippen molar-refractivity contribution < 1.29 is 24.5 Å². The van der Waals surface area contributed by atoms with Crippen molar-refractivity contribution in [3.63, 3.8) is 0 Å². The molecule has 6 heteroatoms. The lowest BCUT2D eigenvalue weighted by Gasteiger charge is -2.17. The molecule has 0 fully saturated rings. The molecule has 1 aliphatic rings. The van der Waals surface area contributed by atoms with Gasteiger partial charge in [0.05, 0.1) is 6.61 Å². The summed E-state index contributed by atoms with van der Waals surface area (Å²) in [5, 5.41) is 24.3. The number of hydrogen-bond donors (Lipinski definition) is 3. The van der Waals surface area contributed by atoms with Crippen LogP contribution in [0.2, 0.25) is 0 Å². The van der Waals surface area contributed by atoms with Gasteiger partial charge in [-0.25, -0.2) is 0 Å². The average Bonchev–Trinajstić information content (AvgIpc) is 2.17. The maximum absolute atomic E-state index is 11.2. The van der Waals surface area contributed by atoms with Crippen molar-refractivity contribution in [3.05, 3.63) is 12.2 Å². The molecule has 0 saturated carbocycles. The molecule has 0 aromatic heterocycles. The van der Waals surface area contributed by atoms with Crippen LogP contribution in [0.15, 0.2) is 12.2 Å². The molecular formula is C9H11NO5. The predicted octanol–water partition coefficient (Wildman–Crippen LogP) is -1.20. The molecule has 6 nitrogen and oxygen atoms in total. The maximum Gasteiger partial charge on any atom is 0.202 e. The second-order valence-electron chi connectivity index (χ2n) is 3.03. The lowest BCUT2D eigenvalue weighted by atomic mass is 10.00. The topological polar surface area (TPSA) is 108 Å². The zero-order valence-electron chi connectivity index (χ0n) is 7.84. The average molecular weight is 213 g/mol. The Morgan fingerprint density at radius 3 is 2.67 bits per heavy atom. The third kappa shape index (κ3) is 3.05. The summed E-state index contributed by atoms with van der Waals surface area (Å²) in [5.41, 5.74) is -0.421. The number of aliphatic hydroxyl groups excluding tert-OH is 1. The van der Waals surface area contributed by atoms with E-state index in [1.54, 1.807) is 0 Å². The quantitative estimate of drug-likeness (QED) is 0.508. The molecule has 82 valence electrons. The van der Waals surface area contributed by atoms with Crippen LogP contribution >= 0.6 is 0 Å². The fourth-order valence-electron chi connectivity index (χ4n) is 1.06. The van der Waals surface area contributed by atoms with Crippen molar-refractivity contribution in [2.75, 3.05) is 6.61 Å². The van der Waals surface area contributed by atoms with E-state index in [9.17, 15) is 9.59 Å². The van der Waals surface area contributed by atoms with E-state index in [1.165, 1.54) is 0 Å². The summed E-state index contributed by atoms with van der Waals surface area (Å²) >= 11 is 0. The van der Waals surface area contributed by atoms with Gasteiger partial charge >= 0.3 is 0 Å². The van der Waals surface area contributed by atoms with Crippen LogP contribution in [0.1, 0.15) is 6.42 Å². The standard InChI is InChI=1S/C9H11NO5/c10-8-5(11)1-2-6(12)9(8)15-4-3-7(13)14/h1-2,7,9-10,13-14H,3-4H2. The highest BCUT2D eigenvalue weighted by Gasteiger charge is 2.29. The Hall–Kier alpha value is -1.37. The van der Waals surface area contributed by atoms with Crippen LogP contribution in [0, 0.1) is 5.41 Å². The van der Waals surface area contributed by atoms with E-state index in [4.69, 9.17) is 20.4 Å². The molecular weight excluding hydrogens is 202 g/mol. The van der Waals surface area contributed by atoms with Crippen LogP contribution in [-0.2, 0) is 14.3 Å². The Bertz CT molecular complexity index is 320. The summed E-state index contributed by atoms with van der Waals surface area (Å²) in [6, 6.07) is 0. The van der Waals surface area contributed by atoms with Crippen molar-refractivity contribution in [2.24, 2.45) is 0 Å². The summed E-state index contributed by atoms with van der Waals surface area (Å²) in [7, 11) is 0. The minimum atomic E-state index is -1.52. The van der Waals surface area contributed by atoms with E-state index in [-0.39, 0.29) is 13.0 Å². The number of allylic oxidation sites excluding steroid dienone is 1. The van der Waals surface area contributed by atoms with E-state index < -0.39 is 29.7 Å². The fourth-order valence-corrected chi connectivity index (χ4v) is 1.06. The summed E-state index contributed by atoms with van der Waals surface area (Å²) in [4.78, 5) is 22.2. The van der Waals surface area contributed by atoms with Gasteiger partial charge in [0.25, 0.3) is 0 Å². The third-order valence-corrected chi connectivity index (χ3v) is 1.85. The number of rotatable bonds is 4. The molecule has 0 spiro atoms. The second-order valence-corrected chi connectivity index (χ2v) is 3.03. The highest BCUT2D eigenvalue weighted by Crippen LogP contribution is 2.06. The van der Waals surface area contributed by atoms with Gasteiger partial charge in [0.2, 0.25) is 5.78 Å². The van der Waals surface area contributed by atoms with Crippen LogP contribution in [-0.4, -0.2) is 46.5 Å². The second kappa shape index (κ2) is 4.92. The first-order valence-corrected chi connectivity index (χ1v) is 4.35. The molecule has 0 amide bonds. The van der Waals surface area contributed by atoms with Gasteiger partial charge in [0, 0.05) is 6.42 Å². The predicted molar refractivity (Wildman–Crippen MR) is 49.5 cm³/mol. The molecule has 0 aromatic carbocycles. The van der Waals surface area contributed by atoms with Crippen molar-refractivity contribution in [3.8, 4) is 0 Å². The highest BCUT2D eigenvalue weighted by molar-refractivity contribution is 6.50. The number of nitrogens with one attached hydrogen (secondary N) is 1. The fraction of sp³-hybridized carbons (Fsp3) is 0.444. The molecule has 0 aliphatic heterocycles.